The van der Waals surface area contributed by atoms with Crippen LogP contribution in [-0.4, -0.2) is 39.4 Å². The molecular weight excluding hydrogens is 320 g/mol. The van der Waals surface area contributed by atoms with Crippen LogP contribution in [0.1, 0.15) is 65.2 Å². The molecule has 0 saturated carbocycles. The van der Waals surface area contributed by atoms with Crippen LogP contribution in [-0.2, 0) is 23.8 Å². The normalized spacial score (nSPS) is 12.4. The van der Waals surface area contributed by atoms with Crippen molar-refractivity contribution in [1.29, 1.82) is 0 Å². The van der Waals surface area contributed by atoms with Crippen molar-refractivity contribution in [3.05, 3.63) is 23.3 Å². The fourth-order valence-corrected chi connectivity index (χ4v) is 2.12. The number of unbranched alkanes of at least 4 members (excludes halogenated alkanes) is 6. The van der Waals surface area contributed by atoms with Gasteiger partial charge in [-0.1, -0.05) is 51.7 Å². The molecule has 25 heavy (non-hydrogen) atoms. The zero-order valence-electron chi connectivity index (χ0n) is 15.8. The Morgan fingerprint density at radius 2 is 1.12 bits per heavy atom. The van der Waals surface area contributed by atoms with E-state index in [1.165, 1.54) is 12.8 Å². The Hall–Kier alpha value is -1.30. The zero-order chi connectivity index (χ0) is 18.6. The van der Waals surface area contributed by atoms with Crippen LogP contribution in [0.15, 0.2) is 23.3 Å². The summed E-state index contributed by atoms with van der Waals surface area (Å²) < 4.78 is 15.7. The van der Waals surface area contributed by atoms with Gasteiger partial charge in [-0.05, 0) is 25.7 Å². The fraction of sp³-hybridized carbons (Fsp3) is 0.700. The number of hydrogen-bond acceptors (Lipinski definition) is 5. The molecule has 0 aliphatic rings. The Morgan fingerprint density at radius 3 is 1.48 bits per heavy atom. The Kier molecular flexibility index (Phi) is 18.0. The lowest BCUT2D eigenvalue weighted by molar-refractivity contribution is -0.126. The van der Waals surface area contributed by atoms with Crippen LogP contribution in [0.5, 0.6) is 0 Å². The van der Waals surface area contributed by atoms with Crippen molar-refractivity contribution in [2.75, 3.05) is 26.8 Å². The number of hydrogen-bond donors (Lipinski definition) is 0. The number of rotatable bonds is 18. The van der Waals surface area contributed by atoms with Crippen LogP contribution in [0.4, 0.5) is 0 Å². The zero-order valence-corrected chi connectivity index (χ0v) is 15.8. The third kappa shape index (κ3) is 15.9. The van der Waals surface area contributed by atoms with Crippen LogP contribution in [0, 0.1) is 0 Å². The summed E-state index contributed by atoms with van der Waals surface area (Å²) in [4.78, 5) is 21.8. The monoisotopic (exact) mass is 354 g/mol. The minimum atomic E-state index is 0.0524. The lowest BCUT2D eigenvalue weighted by Crippen LogP contribution is -2.09. The van der Waals surface area contributed by atoms with E-state index in [9.17, 15) is 9.59 Å². The van der Waals surface area contributed by atoms with Crippen molar-refractivity contribution in [2.45, 2.75) is 65.2 Å². The molecular formula is C20H34O5. The lowest BCUT2D eigenvalue weighted by atomic mass is 10.1. The smallest absolute Gasteiger partial charge is 0.150 e. The molecule has 0 radical (unpaired) electrons. The summed E-state index contributed by atoms with van der Waals surface area (Å²) >= 11 is 0. The van der Waals surface area contributed by atoms with Gasteiger partial charge in [-0.15, -0.1) is 0 Å². The van der Waals surface area contributed by atoms with Crippen molar-refractivity contribution in [2.24, 2.45) is 0 Å². The highest BCUT2D eigenvalue weighted by Gasteiger charge is 1.98. The van der Waals surface area contributed by atoms with Crippen LogP contribution in [0.25, 0.3) is 0 Å². The Labute approximate surface area is 152 Å². The SMILES string of the molecule is CCCCCC=C(C=O)COCOCOCC(C=O)=CCCCCC. The minimum Gasteiger partial charge on any atom is -0.351 e. The van der Waals surface area contributed by atoms with E-state index >= 15 is 0 Å². The molecule has 0 aromatic carbocycles. The van der Waals surface area contributed by atoms with Gasteiger partial charge in [0.1, 0.15) is 26.2 Å². The van der Waals surface area contributed by atoms with Gasteiger partial charge in [0.05, 0.1) is 13.2 Å². The summed E-state index contributed by atoms with van der Waals surface area (Å²) in [5.74, 6) is 0. The van der Waals surface area contributed by atoms with Crippen molar-refractivity contribution >= 4 is 12.6 Å². The van der Waals surface area contributed by atoms with Crippen molar-refractivity contribution in [3.8, 4) is 0 Å². The third-order valence-electron chi connectivity index (χ3n) is 3.60. The van der Waals surface area contributed by atoms with E-state index in [1.807, 2.05) is 12.2 Å². The minimum absolute atomic E-state index is 0.0524. The van der Waals surface area contributed by atoms with Gasteiger partial charge >= 0.3 is 0 Å². The molecule has 0 aromatic rings. The molecule has 0 unspecified atom stereocenters. The molecule has 0 saturated heterocycles. The van der Waals surface area contributed by atoms with Crippen LogP contribution < -0.4 is 0 Å². The van der Waals surface area contributed by atoms with Gasteiger partial charge < -0.3 is 14.2 Å². The van der Waals surface area contributed by atoms with E-state index in [0.717, 1.165) is 51.1 Å². The Morgan fingerprint density at radius 1 is 0.680 bits per heavy atom. The lowest BCUT2D eigenvalue weighted by Gasteiger charge is -2.07. The number of allylic oxidation sites excluding steroid dienone is 2. The molecule has 0 aliphatic heterocycles. The molecule has 5 heteroatoms. The van der Waals surface area contributed by atoms with E-state index in [2.05, 4.69) is 13.8 Å². The fourth-order valence-electron chi connectivity index (χ4n) is 2.12. The van der Waals surface area contributed by atoms with Crippen molar-refractivity contribution in [3.63, 3.8) is 0 Å². The van der Waals surface area contributed by atoms with Gasteiger partial charge in [-0.25, -0.2) is 0 Å². The number of ether oxygens (including phenoxy) is 3. The van der Waals surface area contributed by atoms with Gasteiger partial charge in [-0.3, -0.25) is 9.59 Å². The van der Waals surface area contributed by atoms with Gasteiger partial charge in [0.25, 0.3) is 0 Å². The third-order valence-corrected chi connectivity index (χ3v) is 3.60. The van der Waals surface area contributed by atoms with E-state index < -0.39 is 0 Å². The molecule has 0 spiro atoms. The second-order valence-electron chi connectivity index (χ2n) is 5.92. The summed E-state index contributed by atoms with van der Waals surface area (Å²) in [7, 11) is 0. The first-order valence-electron chi connectivity index (χ1n) is 9.30. The highest BCUT2D eigenvalue weighted by atomic mass is 16.7. The molecule has 0 aliphatic carbocycles. The summed E-state index contributed by atoms with van der Waals surface area (Å²) in [5.41, 5.74) is 1.28. The maximum absolute atomic E-state index is 10.9. The topological polar surface area (TPSA) is 61.8 Å². The molecule has 0 aromatic heterocycles. The number of carbonyl (C=O) groups excluding carboxylic acids is 2. The summed E-state index contributed by atoms with van der Waals surface area (Å²) in [6.45, 7) is 4.88. The molecule has 144 valence electrons. The highest BCUT2D eigenvalue weighted by molar-refractivity contribution is 5.73. The molecule has 0 rings (SSSR count). The molecule has 5 nitrogen and oxygen atoms in total. The maximum Gasteiger partial charge on any atom is 0.150 e. The molecule has 0 atom stereocenters. The Balaban J connectivity index is 3.69. The largest absolute Gasteiger partial charge is 0.351 e. The van der Waals surface area contributed by atoms with Gasteiger partial charge in [0.15, 0.2) is 0 Å². The highest BCUT2D eigenvalue weighted by Crippen LogP contribution is 2.04. The molecule has 0 amide bonds. The van der Waals surface area contributed by atoms with Crippen molar-refractivity contribution in [1.82, 2.24) is 0 Å². The summed E-state index contributed by atoms with van der Waals surface area (Å²) in [6.07, 6.45) is 14.1. The first-order chi connectivity index (χ1) is 12.3. The molecule has 0 fully saturated rings. The van der Waals surface area contributed by atoms with Crippen LogP contribution in [0.3, 0.4) is 0 Å². The standard InChI is InChI=1S/C20H34O5/c1-3-5-7-9-11-19(13-21)15-23-17-25-18-24-16-20(14-22)12-10-8-6-4-2/h11-14H,3-10,15-18H2,1-2H3. The first kappa shape index (κ1) is 23.7. The predicted molar refractivity (Wildman–Crippen MR) is 99.3 cm³/mol. The molecule has 0 bridgehead atoms. The van der Waals surface area contributed by atoms with Gasteiger partial charge in [0.2, 0.25) is 0 Å². The quantitative estimate of drug-likeness (QED) is 0.158. The van der Waals surface area contributed by atoms with E-state index in [-0.39, 0.29) is 26.8 Å². The average molecular weight is 354 g/mol. The first-order valence-corrected chi connectivity index (χ1v) is 9.30. The van der Waals surface area contributed by atoms with Crippen molar-refractivity contribution < 1.29 is 23.8 Å². The Bertz CT molecular complexity index is 352. The van der Waals surface area contributed by atoms with Crippen LogP contribution in [0.2, 0.25) is 0 Å². The second kappa shape index (κ2) is 19.0. The maximum atomic E-state index is 10.9. The van der Waals surface area contributed by atoms with Crippen LogP contribution >= 0.6 is 0 Å². The average Bonchev–Trinajstić information content (AvgIpc) is 2.64. The molecule has 0 N–H and O–H groups in total. The van der Waals surface area contributed by atoms with E-state index in [4.69, 9.17) is 14.2 Å². The van der Waals surface area contributed by atoms with Gasteiger partial charge in [-0.2, -0.15) is 0 Å². The molecule has 0 heterocycles. The summed E-state index contributed by atoms with van der Waals surface area (Å²) in [6, 6.07) is 0. The summed E-state index contributed by atoms with van der Waals surface area (Å²) in [5, 5.41) is 0. The predicted octanol–water partition coefficient (Wildman–Crippen LogP) is 4.36. The number of carbonyl (C=O) groups is 2. The van der Waals surface area contributed by atoms with E-state index in [0.29, 0.717) is 11.1 Å². The van der Waals surface area contributed by atoms with Gasteiger partial charge in [0, 0.05) is 11.1 Å². The number of aldehydes is 2. The second-order valence-corrected chi connectivity index (χ2v) is 5.92. The van der Waals surface area contributed by atoms with E-state index in [1.54, 1.807) is 0 Å².